The highest BCUT2D eigenvalue weighted by atomic mass is 79.9. The van der Waals surface area contributed by atoms with Crippen LogP contribution in [0.1, 0.15) is 66.2 Å². The topological polar surface area (TPSA) is 43.4 Å². The van der Waals surface area contributed by atoms with Gasteiger partial charge in [-0.25, -0.2) is 0 Å². The highest BCUT2D eigenvalue weighted by Gasteiger charge is 2.10. The molecule has 1 aromatic carbocycles. The number of hydrogen-bond donors (Lipinski definition) is 0. The number of carbonyl (C=O) groups excluding carboxylic acids is 2. The van der Waals surface area contributed by atoms with Gasteiger partial charge in [-0.3, -0.25) is 9.59 Å². The average Bonchev–Trinajstić information content (AvgIpc) is 2.46. The van der Waals surface area contributed by atoms with Gasteiger partial charge in [-0.1, -0.05) is 55.0 Å². The van der Waals surface area contributed by atoms with Crippen molar-refractivity contribution in [2.45, 2.75) is 45.4 Å². The predicted octanol–water partition coefficient (Wildman–Crippen LogP) is 4.81. The Morgan fingerprint density at radius 2 is 1.55 bits per heavy atom. The first-order valence-corrected chi connectivity index (χ1v) is 7.89. The SMILES string of the molecule is CCCCCCCCOc1c(C=O)cc(Br)cc1C=O. The minimum absolute atomic E-state index is 0.395. The summed E-state index contributed by atoms with van der Waals surface area (Å²) in [6.07, 6.45) is 8.47. The number of ether oxygens (including phenoxy) is 1. The fourth-order valence-corrected chi connectivity index (χ4v) is 2.53. The molecule has 0 aromatic heterocycles. The van der Waals surface area contributed by atoms with Gasteiger partial charge < -0.3 is 4.74 Å². The second-order valence-corrected chi connectivity index (χ2v) is 5.68. The molecular formula is C16H21BrO3. The van der Waals surface area contributed by atoms with Gasteiger partial charge in [-0.05, 0) is 18.6 Å². The largest absolute Gasteiger partial charge is 0.492 e. The summed E-state index contributed by atoms with van der Waals surface area (Å²) in [5.74, 6) is 0.395. The molecule has 0 radical (unpaired) electrons. The second kappa shape index (κ2) is 9.70. The van der Waals surface area contributed by atoms with E-state index in [9.17, 15) is 9.59 Å². The Bertz CT molecular complexity index is 414. The van der Waals surface area contributed by atoms with E-state index in [1.165, 1.54) is 25.7 Å². The van der Waals surface area contributed by atoms with Crippen LogP contribution in [0.15, 0.2) is 16.6 Å². The van der Waals surface area contributed by atoms with Crippen molar-refractivity contribution in [1.82, 2.24) is 0 Å². The van der Waals surface area contributed by atoms with Crippen LogP contribution >= 0.6 is 15.9 Å². The van der Waals surface area contributed by atoms with Gasteiger partial charge in [0.1, 0.15) is 5.75 Å². The predicted molar refractivity (Wildman–Crippen MR) is 83.8 cm³/mol. The van der Waals surface area contributed by atoms with Crippen LogP contribution in [-0.2, 0) is 0 Å². The van der Waals surface area contributed by atoms with Gasteiger partial charge in [0, 0.05) is 4.47 Å². The lowest BCUT2D eigenvalue weighted by Crippen LogP contribution is -2.03. The maximum atomic E-state index is 11.0. The molecule has 110 valence electrons. The first-order chi connectivity index (χ1) is 9.72. The molecule has 1 rings (SSSR count). The summed E-state index contributed by atoms with van der Waals surface area (Å²) in [5, 5.41) is 0. The fourth-order valence-electron chi connectivity index (χ4n) is 2.03. The summed E-state index contributed by atoms with van der Waals surface area (Å²) in [5.41, 5.74) is 0.819. The number of hydrogen-bond acceptors (Lipinski definition) is 3. The molecule has 0 spiro atoms. The van der Waals surface area contributed by atoms with Crippen LogP contribution in [0, 0.1) is 0 Å². The Labute approximate surface area is 128 Å². The summed E-state index contributed by atoms with van der Waals surface area (Å²) < 4.78 is 6.33. The summed E-state index contributed by atoms with van der Waals surface area (Å²) >= 11 is 3.27. The van der Waals surface area contributed by atoms with E-state index in [1.54, 1.807) is 12.1 Å². The van der Waals surface area contributed by atoms with Crippen LogP contribution in [0.2, 0.25) is 0 Å². The van der Waals surface area contributed by atoms with Crippen LogP contribution in [0.25, 0.3) is 0 Å². The van der Waals surface area contributed by atoms with E-state index in [0.717, 1.165) is 12.8 Å². The van der Waals surface area contributed by atoms with E-state index in [0.29, 0.717) is 40.5 Å². The molecular weight excluding hydrogens is 320 g/mol. The lowest BCUT2D eigenvalue weighted by atomic mass is 10.1. The van der Waals surface area contributed by atoms with Crippen molar-refractivity contribution in [1.29, 1.82) is 0 Å². The van der Waals surface area contributed by atoms with Crippen LogP contribution < -0.4 is 4.74 Å². The Balaban J connectivity index is 2.50. The zero-order valence-electron chi connectivity index (χ0n) is 11.9. The maximum absolute atomic E-state index is 11.0. The number of aldehydes is 2. The molecule has 4 heteroatoms. The molecule has 1 aromatic rings. The standard InChI is InChI=1S/C16H21BrO3/c1-2-3-4-5-6-7-8-20-16-13(11-18)9-15(17)10-14(16)12-19/h9-12H,2-8H2,1H3. The number of carbonyl (C=O) groups is 2. The molecule has 0 unspecified atom stereocenters. The molecule has 0 heterocycles. The van der Waals surface area contributed by atoms with Crippen LogP contribution in [0.4, 0.5) is 0 Å². The molecule has 0 aliphatic heterocycles. The monoisotopic (exact) mass is 340 g/mol. The molecule has 0 aliphatic rings. The third kappa shape index (κ3) is 5.45. The lowest BCUT2D eigenvalue weighted by Gasteiger charge is -2.11. The number of unbranched alkanes of at least 4 members (excludes halogenated alkanes) is 5. The molecule has 0 bridgehead atoms. The van der Waals surface area contributed by atoms with Crippen LogP contribution in [0.3, 0.4) is 0 Å². The van der Waals surface area contributed by atoms with Gasteiger partial charge >= 0.3 is 0 Å². The van der Waals surface area contributed by atoms with Gasteiger partial charge in [-0.15, -0.1) is 0 Å². The van der Waals surface area contributed by atoms with E-state index < -0.39 is 0 Å². The summed E-state index contributed by atoms with van der Waals surface area (Å²) in [6, 6.07) is 3.33. The van der Waals surface area contributed by atoms with Crippen molar-refractivity contribution < 1.29 is 14.3 Å². The van der Waals surface area contributed by atoms with Crippen molar-refractivity contribution in [2.24, 2.45) is 0 Å². The Kier molecular flexibility index (Phi) is 8.19. The first-order valence-electron chi connectivity index (χ1n) is 7.09. The Hall–Kier alpha value is -1.16. The van der Waals surface area contributed by atoms with Crippen molar-refractivity contribution >= 4 is 28.5 Å². The number of rotatable bonds is 10. The third-order valence-corrected chi connectivity index (χ3v) is 3.57. The van der Waals surface area contributed by atoms with Gasteiger partial charge in [-0.2, -0.15) is 0 Å². The Morgan fingerprint density at radius 3 is 2.10 bits per heavy atom. The zero-order chi connectivity index (χ0) is 14.8. The molecule has 0 atom stereocenters. The van der Waals surface area contributed by atoms with E-state index in [-0.39, 0.29) is 0 Å². The van der Waals surface area contributed by atoms with Gasteiger partial charge in [0.25, 0.3) is 0 Å². The van der Waals surface area contributed by atoms with Gasteiger partial charge in [0.15, 0.2) is 12.6 Å². The molecule has 0 aliphatic carbocycles. The van der Waals surface area contributed by atoms with Crippen molar-refractivity contribution in [3.05, 3.63) is 27.7 Å². The lowest BCUT2D eigenvalue weighted by molar-refractivity contribution is 0.111. The summed E-state index contributed by atoms with van der Waals surface area (Å²) in [4.78, 5) is 22.1. The highest BCUT2D eigenvalue weighted by Crippen LogP contribution is 2.26. The molecule has 0 amide bonds. The normalized spacial score (nSPS) is 10.3. The van der Waals surface area contributed by atoms with E-state index in [4.69, 9.17) is 4.74 Å². The second-order valence-electron chi connectivity index (χ2n) is 4.77. The zero-order valence-corrected chi connectivity index (χ0v) is 13.4. The van der Waals surface area contributed by atoms with E-state index in [1.807, 2.05) is 0 Å². The molecule has 0 N–H and O–H groups in total. The van der Waals surface area contributed by atoms with Gasteiger partial charge in [0.05, 0.1) is 17.7 Å². The van der Waals surface area contributed by atoms with E-state index in [2.05, 4.69) is 22.9 Å². The van der Waals surface area contributed by atoms with Crippen LogP contribution in [-0.4, -0.2) is 19.2 Å². The number of benzene rings is 1. The molecule has 20 heavy (non-hydrogen) atoms. The van der Waals surface area contributed by atoms with E-state index >= 15 is 0 Å². The van der Waals surface area contributed by atoms with Crippen molar-refractivity contribution in [3.63, 3.8) is 0 Å². The highest BCUT2D eigenvalue weighted by molar-refractivity contribution is 9.10. The molecule has 3 nitrogen and oxygen atoms in total. The smallest absolute Gasteiger partial charge is 0.153 e. The molecule has 0 fully saturated rings. The van der Waals surface area contributed by atoms with Crippen LogP contribution in [0.5, 0.6) is 5.75 Å². The van der Waals surface area contributed by atoms with Crippen molar-refractivity contribution in [2.75, 3.05) is 6.61 Å². The minimum atomic E-state index is 0.395. The molecule has 0 saturated carbocycles. The maximum Gasteiger partial charge on any atom is 0.153 e. The summed E-state index contributed by atoms with van der Waals surface area (Å²) in [7, 11) is 0. The summed E-state index contributed by atoms with van der Waals surface area (Å²) in [6.45, 7) is 2.73. The fraction of sp³-hybridized carbons (Fsp3) is 0.500. The van der Waals surface area contributed by atoms with Gasteiger partial charge in [0.2, 0.25) is 0 Å². The number of halogens is 1. The van der Waals surface area contributed by atoms with Crippen molar-refractivity contribution in [3.8, 4) is 5.75 Å². The third-order valence-electron chi connectivity index (χ3n) is 3.11. The molecule has 0 saturated heterocycles. The first kappa shape index (κ1) is 16.9. The Morgan fingerprint density at radius 1 is 1.00 bits per heavy atom. The minimum Gasteiger partial charge on any atom is -0.492 e. The quantitative estimate of drug-likeness (QED) is 0.453. The average molecular weight is 341 g/mol.